The molecule has 3 rings (SSSR count). The van der Waals surface area contributed by atoms with Crippen LogP contribution in [0.1, 0.15) is 13.3 Å². The van der Waals surface area contributed by atoms with Crippen LogP contribution in [0, 0.1) is 0 Å². The highest BCUT2D eigenvalue weighted by Gasteiger charge is 2.24. The molecule has 0 unspecified atom stereocenters. The molecule has 188 valence electrons. The van der Waals surface area contributed by atoms with Gasteiger partial charge in [0.1, 0.15) is 0 Å². The van der Waals surface area contributed by atoms with Gasteiger partial charge in [-0.15, -0.1) is 0 Å². The third-order valence-corrected chi connectivity index (χ3v) is 7.74. The van der Waals surface area contributed by atoms with Gasteiger partial charge in [-0.3, -0.25) is 18.7 Å². The van der Waals surface area contributed by atoms with Crippen LogP contribution in [0.4, 0.5) is 5.69 Å². The fraction of sp³-hybridized carbons (Fsp3) is 0.375. The Hall–Kier alpha value is -3.44. The molecule has 0 spiro atoms. The number of aryl methyl sites for hydroxylation is 1. The molecular weight excluding hydrogens is 470 g/mol. The first kappa shape index (κ1) is 26.2. The number of anilines is 1. The van der Waals surface area contributed by atoms with E-state index in [4.69, 9.17) is 0 Å². The number of nitrogens with zero attached hydrogens (tertiary/aromatic N) is 4. The van der Waals surface area contributed by atoms with Crippen LogP contribution in [-0.2, 0) is 28.9 Å². The van der Waals surface area contributed by atoms with Crippen molar-refractivity contribution < 1.29 is 13.2 Å². The first-order chi connectivity index (χ1) is 16.6. The molecule has 11 heteroatoms. The normalized spacial score (nSPS) is 11.7. The van der Waals surface area contributed by atoms with Crippen molar-refractivity contribution in [2.75, 3.05) is 38.1 Å². The number of rotatable bonds is 10. The molecule has 10 nitrogen and oxygen atoms in total. The van der Waals surface area contributed by atoms with Crippen LogP contribution in [0.3, 0.4) is 0 Å². The molecule has 0 aliphatic carbocycles. The first-order valence-electron chi connectivity index (χ1n) is 11.3. The maximum atomic E-state index is 13.0. The van der Waals surface area contributed by atoms with E-state index in [1.165, 1.54) is 43.9 Å². The summed E-state index contributed by atoms with van der Waals surface area (Å²) < 4.78 is 29.2. The molecule has 0 aliphatic heterocycles. The molecule has 3 aromatic rings. The summed E-state index contributed by atoms with van der Waals surface area (Å²) in [6.45, 7) is 3.71. The Morgan fingerprint density at radius 3 is 2.37 bits per heavy atom. The number of aromatic nitrogens is 2. The highest BCUT2D eigenvalue weighted by molar-refractivity contribution is 7.89. The Kier molecular flexibility index (Phi) is 8.13. The average Bonchev–Trinajstić information content (AvgIpc) is 2.86. The van der Waals surface area contributed by atoms with Crippen LogP contribution in [0.5, 0.6) is 0 Å². The van der Waals surface area contributed by atoms with Gasteiger partial charge in [-0.05, 0) is 43.7 Å². The van der Waals surface area contributed by atoms with Gasteiger partial charge < -0.3 is 10.2 Å². The molecule has 0 saturated carbocycles. The van der Waals surface area contributed by atoms with E-state index in [1.807, 2.05) is 30.3 Å². The molecular formula is C24H31N5O5S. The fourth-order valence-corrected chi connectivity index (χ4v) is 5.02. The minimum Gasteiger partial charge on any atom is -0.372 e. The lowest BCUT2D eigenvalue weighted by atomic mass is 10.2. The highest BCUT2D eigenvalue weighted by atomic mass is 32.2. The van der Waals surface area contributed by atoms with Crippen LogP contribution >= 0.6 is 0 Å². The number of hydrogen-bond donors (Lipinski definition) is 1. The van der Waals surface area contributed by atoms with Crippen LogP contribution in [-0.4, -0.2) is 61.0 Å². The van der Waals surface area contributed by atoms with Gasteiger partial charge in [0.25, 0.3) is 5.56 Å². The summed E-state index contributed by atoms with van der Waals surface area (Å²) in [7, 11) is 0.121. The molecule has 0 radical (unpaired) electrons. The van der Waals surface area contributed by atoms with Crippen molar-refractivity contribution in [3.8, 4) is 0 Å². The fourth-order valence-electron chi connectivity index (χ4n) is 3.86. The van der Waals surface area contributed by atoms with Crippen molar-refractivity contribution in [3.63, 3.8) is 0 Å². The van der Waals surface area contributed by atoms with Gasteiger partial charge in [0, 0.05) is 46.5 Å². The third kappa shape index (κ3) is 5.63. The van der Waals surface area contributed by atoms with Gasteiger partial charge in [-0.25, -0.2) is 13.2 Å². The maximum Gasteiger partial charge on any atom is 0.330 e. The number of amides is 1. The summed E-state index contributed by atoms with van der Waals surface area (Å²) in [4.78, 5) is 39.1. The van der Waals surface area contributed by atoms with E-state index in [0.717, 1.165) is 27.6 Å². The molecule has 1 aromatic heterocycles. The lowest BCUT2D eigenvalue weighted by Gasteiger charge is -2.23. The second-order valence-electron chi connectivity index (χ2n) is 8.26. The molecule has 2 aromatic carbocycles. The summed E-state index contributed by atoms with van der Waals surface area (Å²) in [6.07, 6.45) is 0.706. The van der Waals surface area contributed by atoms with Gasteiger partial charge in [0.15, 0.2) is 0 Å². The number of sulfonamides is 1. The predicted octanol–water partition coefficient (Wildman–Crippen LogP) is 0.891. The average molecular weight is 502 g/mol. The van der Waals surface area contributed by atoms with Gasteiger partial charge in [0.2, 0.25) is 15.9 Å². The number of likely N-dealkylation sites (N-methyl/N-ethyl adjacent to an activating group) is 1. The van der Waals surface area contributed by atoms with Crippen LogP contribution in [0.2, 0.25) is 0 Å². The Morgan fingerprint density at radius 1 is 1.03 bits per heavy atom. The molecule has 0 aliphatic rings. The van der Waals surface area contributed by atoms with Crippen molar-refractivity contribution in [3.05, 3.63) is 69.4 Å². The van der Waals surface area contributed by atoms with Crippen LogP contribution < -0.4 is 21.5 Å². The van der Waals surface area contributed by atoms with Crippen LogP contribution in [0.25, 0.3) is 10.9 Å². The summed E-state index contributed by atoms with van der Waals surface area (Å²) >= 11 is 0. The summed E-state index contributed by atoms with van der Waals surface area (Å²) in [5.74, 6) is -0.419. The Labute approximate surface area is 204 Å². The zero-order chi connectivity index (χ0) is 25.8. The lowest BCUT2D eigenvalue weighted by Crippen LogP contribution is -2.39. The van der Waals surface area contributed by atoms with Crippen molar-refractivity contribution in [1.29, 1.82) is 0 Å². The smallest absolute Gasteiger partial charge is 0.330 e. The molecule has 0 atom stereocenters. The maximum absolute atomic E-state index is 13.0. The first-order valence-corrected chi connectivity index (χ1v) is 12.7. The highest BCUT2D eigenvalue weighted by Crippen LogP contribution is 2.18. The third-order valence-electron chi connectivity index (χ3n) is 5.94. The standard InChI is InChI=1S/C24H31N5O5S/c1-5-29(18-10-7-6-8-11-18)15-9-14-25-22(30)17-26(2)35(33,34)19-12-13-21-20(16-19)23(31)28(4)24(32)27(21)3/h6-8,10-13,16H,5,9,14-15,17H2,1-4H3,(H,25,30). The van der Waals surface area contributed by atoms with E-state index in [0.29, 0.717) is 18.5 Å². The largest absolute Gasteiger partial charge is 0.372 e. The second-order valence-corrected chi connectivity index (χ2v) is 10.3. The number of benzene rings is 2. The number of carbonyl (C=O) groups excluding carboxylic acids is 1. The van der Waals surface area contributed by atoms with Crippen LogP contribution in [0.15, 0.2) is 63.0 Å². The number of para-hydroxylation sites is 1. The summed E-state index contributed by atoms with van der Waals surface area (Å²) in [6, 6.07) is 14.0. The minimum absolute atomic E-state index is 0.104. The van der Waals surface area contributed by atoms with E-state index in [2.05, 4.69) is 17.1 Å². The van der Waals surface area contributed by atoms with E-state index >= 15 is 0 Å². The molecule has 0 fully saturated rings. The summed E-state index contributed by atoms with van der Waals surface area (Å²) in [5, 5.41) is 2.87. The Bertz CT molecular complexity index is 1430. The van der Waals surface area contributed by atoms with Gasteiger partial charge in [-0.1, -0.05) is 18.2 Å². The number of fused-ring (bicyclic) bond motifs is 1. The molecule has 0 bridgehead atoms. The predicted molar refractivity (Wildman–Crippen MR) is 136 cm³/mol. The Balaban J connectivity index is 1.63. The Morgan fingerprint density at radius 2 is 1.71 bits per heavy atom. The number of nitrogens with one attached hydrogen (secondary N) is 1. The molecule has 1 amide bonds. The van der Waals surface area contributed by atoms with E-state index in [9.17, 15) is 22.8 Å². The van der Waals surface area contributed by atoms with Crippen molar-refractivity contribution >= 4 is 32.5 Å². The monoisotopic (exact) mass is 501 g/mol. The van der Waals surface area contributed by atoms with Crippen molar-refractivity contribution in [1.82, 2.24) is 18.8 Å². The molecule has 1 heterocycles. The van der Waals surface area contributed by atoms with Gasteiger partial charge >= 0.3 is 5.69 Å². The summed E-state index contributed by atoms with van der Waals surface area (Å²) in [5.41, 5.74) is 0.349. The zero-order valence-electron chi connectivity index (χ0n) is 20.4. The van der Waals surface area contributed by atoms with Gasteiger partial charge in [0.05, 0.1) is 22.3 Å². The molecule has 1 N–H and O–H groups in total. The topological polar surface area (TPSA) is 114 Å². The molecule has 35 heavy (non-hydrogen) atoms. The number of carbonyl (C=O) groups is 1. The lowest BCUT2D eigenvalue weighted by molar-refractivity contribution is -0.121. The van der Waals surface area contributed by atoms with E-state index in [-0.39, 0.29) is 16.8 Å². The minimum atomic E-state index is -4.03. The van der Waals surface area contributed by atoms with Crippen molar-refractivity contribution in [2.45, 2.75) is 18.2 Å². The zero-order valence-corrected chi connectivity index (χ0v) is 21.2. The van der Waals surface area contributed by atoms with E-state index < -0.39 is 27.2 Å². The van der Waals surface area contributed by atoms with Gasteiger partial charge in [-0.2, -0.15) is 4.31 Å². The second kappa shape index (κ2) is 10.9. The molecule has 0 saturated heterocycles. The van der Waals surface area contributed by atoms with Crippen molar-refractivity contribution in [2.24, 2.45) is 14.1 Å². The van der Waals surface area contributed by atoms with E-state index in [1.54, 1.807) is 0 Å². The SMILES string of the molecule is CCN(CCCNC(=O)CN(C)S(=O)(=O)c1ccc2c(c1)c(=O)n(C)c(=O)n2C)c1ccccc1. The quantitative estimate of drug-likeness (QED) is 0.413. The number of hydrogen-bond acceptors (Lipinski definition) is 6.